The molecule has 3 saturated heterocycles. The van der Waals surface area contributed by atoms with Gasteiger partial charge in [0.25, 0.3) is 0 Å². The Hall–Kier alpha value is 0.210. The van der Waals surface area contributed by atoms with E-state index in [1.165, 1.54) is 38.9 Å². The Morgan fingerprint density at radius 3 is 1.60 bits per heavy atom. The van der Waals surface area contributed by atoms with Gasteiger partial charge in [-0.1, -0.05) is 0 Å². The quantitative estimate of drug-likeness (QED) is 0.566. The molecule has 0 aliphatic carbocycles. The predicted octanol–water partition coefficient (Wildman–Crippen LogP) is 0.605. The maximum absolute atomic E-state index is 6.07. The summed E-state index contributed by atoms with van der Waals surface area (Å²) in [5, 5.41) is 0. The van der Waals surface area contributed by atoms with Crippen molar-refractivity contribution in [3.8, 4) is 0 Å². The van der Waals surface area contributed by atoms with Crippen molar-refractivity contribution < 1.29 is 0 Å². The van der Waals surface area contributed by atoms with Crippen LogP contribution in [0.5, 0.6) is 0 Å². The maximum atomic E-state index is 6.07. The van der Waals surface area contributed by atoms with Gasteiger partial charge in [-0.05, 0) is 38.9 Å². The number of piperidine rings is 3. The molecule has 0 atom stereocenters. The second kappa shape index (κ2) is 2.68. The first-order valence-electron chi connectivity index (χ1n) is 3.80. The third kappa shape index (κ3) is 1.29. The van der Waals surface area contributed by atoms with Crippen LogP contribution in [0.2, 0.25) is 0 Å². The average molecular weight is 163 g/mol. The van der Waals surface area contributed by atoms with Crippen LogP contribution in [0, 0.1) is 0 Å². The molecule has 3 aliphatic heterocycles. The molecule has 0 amide bonds. The lowest BCUT2D eigenvalue weighted by Crippen LogP contribution is -2.57. The maximum Gasteiger partial charge on any atom is 0.0190 e. The molecule has 0 spiro atoms. The molecular weight excluding hydrogens is 148 g/mol. The highest BCUT2D eigenvalue weighted by atomic mass is 35.5. The molecule has 2 nitrogen and oxygen atoms in total. The van der Waals surface area contributed by atoms with Crippen molar-refractivity contribution in [2.24, 2.45) is 5.73 Å². The van der Waals surface area contributed by atoms with Gasteiger partial charge in [0.2, 0.25) is 0 Å². The SMILES string of the molecule is Cl.NC12CCN(CC1)CC2. The predicted molar refractivity (Wildman–Crippen MR) is 44.5 cm³/mol. The molecule has 10 heavy (non-hydrogen) atoms. The molecule has 3 heteroatoms. The van der Waals surface area contributed by atoms with Crippen molar-refractivity contribution in [3.05, 3.63) is 0 Å². The topological polar surface area (TPSA) is 29.3 Å². The summed E-state index contributed by atoms with van der Waals surface area (Å²) in [6, 6.07) is 0. The van der Waals surface area contributed by atoms with Gasteiger partial charge in [-0.2, -0.15) is 0 Å². The van der Waals surface area contributed by atoms with Gasteiger partial charge >= 0.3 is 0 Å². The number of halogens is 1. The van der Waals surface area contributed by atoms with E-state index >= 15 is 0 Å². The van der Waals surface area contributed by atoms with E-state index in [0.29, 0.717) is 0 Å². The fraction of sp³-hybridized carbons (Fsp3) is 1.00. The van der Waals surface area contributed by atoms with E-state index in [-0.39, 0.29) is 17.9 Å². The van der Waals surface area contributed by atoms with E-state index in [2.05, 4.69) is 4.90 Å². The summed E-state index contributed by atoms with van der Waals surface area (Å²) in [5.74, 6) is 0. The zero-order valence-corrected chi connectivity index (χ0v) is 6.99. The Morgan fingerprint density at radius 1 is 1.00 bits per heavy atom. The zero-order valence-electron chi connectivity index (χ0n) is 6.18. The summed E-state index contributed by atoms with van der Waals surface area (Å²) < 4.78 is 0. The highest BCUT2D eigenvalue weighted by Crippen LogP contribution is 2.28. The fourth-order valence-corrected chi connectivity index (χ4v) is 1.85. The lowest BCUT2D eigenvalue weighted by molar-refractivity contribution is 0.0869. The number of hydrogen-bond acceptors (Lipinski definition) is 2. The van der Waals surface area contributed by atoms with Crippen LogP contribution < -0.4 is 5.73 Å². The fourth-order valence-electron chi connectivity index (χ4n) is 1.85. The molecule has 0 aromatic carbocycles. The van der Waals surface area contributed by atoms with Gasteiger partial charge in [0.1, 0.15) is 0 Å². The molecule has 0 saturated carbocycles. The molecule has 0 radical (unpaired) electrons. The minimum atomic E-state index is 0. The van der Waals surface area contributed by atoms with Crippen LogP contribution in [-0.4, -0.2) is 30.1 Å². The number of hydrogen-bond donors (Lipinski definition) is 1. The van der Waals surface area contributed by atoms with Crippen molar-refractivity contribution >= 4 is 12.4 Å². The molecular formula is C7H15ClN2. The van der Waals surface area contributed by atoms with Gasteiger partial charge < -0.3 is 10.6 Å². The first kappa shape index (κ1) is 8.31. The van der Waals surface area contributed by atoms with Crippen LogP contribution in [-0.2, 0) is 0 Å². The van der Waals surface area contributed by atoms with Crippen LogP contribution in [0.4, 0.5) is 0 Å². The molecule has 2 bridgehead atoms. The second-order valence-electron chi connectivity index (χ2n) is 3.45. The first-order valence-corrected chi connectivity index (χ1v) is 3.80. The lowest BCUT2D eigenvalue weighted by Gasteiger charge is -2.46. The number of nitrogens with zero attached hydrogens (tertiary/aromatic N) is 1. The van der Waals surface area contributed by atoms with Crippen molar-refractivity contribution in [2.75, 3.05) is 19.6 Å². The summed E-state index contributed by atoms with van der Waals surface area (Å²) in [6.45, 7) is 3.74. The summed E-state index contributed by atoms with van der Waals surface area (Å²) in [4.78, 5) is 2.51. The van der Waals surface area contributed by atoms with E-state index in [1.807, 2.05) is 0 Å². The van der Waals surface area contributed by atoms with Crippen LogP contribution in [0.3, 0.4) is 0 Å². The van der Waals surface area contributed by atoms with Crippen molar-refractivity contribution in [3.63, 3.8) is 0 Å². The minimum Gasteiger partial charge on any atom is -0.325 e. The largest absolute Gasteiger partial charge is 0.325 e. The van der Waals surface area contributed by atoms with Crippen molar-refractivity contribution in [1.29, 1.82) is 0 Å². The van der Waals surface area contributed by atoms with Gasteiger partial charge in [-0.25, -0.2) is 0 Å². The second-order valence-corrected chi connectivity index (χ2v) is 3.45. The molecule has 3 aliphatic rings. The summed E-state index contributed by atoms with van der Waals surface area (Å²) >= 11 is 0. The molecule has 3 heterocycles. The minimum absolute atomic E-state index is 0. The standard InChI is InChI=1S/C7H14N2.ClH/c8-7-1-4-9(5-2-7)6-3-7;/h1-6,8H2;1H. The average Bonchev–Trinajstić information content (AvgIpc) is 1.90. The zero-order chi connectivity index (χ0) is 6.32. The summed E-state index contributed by atoms with van der Waals surface area (Å²) in [7, 11) is 0. The molecule has 60 valence electrons. The molecule has 0 aromatic heterocycles. The molecule has 3 fully saturated rings. The Labute approximate surface area is 68.2 Å². The summed E-state index contributed by atoms with van der Waals surface area (Å²) in [5.41, 5.74) is 6.31. The summed E-state index contributed by atoms with van der Waals surface area (Å²) in [6.07, 6.45) is 3.69. The normalized spacial score (nSPS) is 44.7. The molecule has 3 rings (SSSR count). The van der Waals surface area contributed by atoms with E-state index in [1.54, 1.807) is 0 Å². The third-order valence-electron chi connectivity index (χ3n) is 2.78. The monoisotopic (exact) mass is 162 g/mol. The van der Waals surface area contributed by atoms with Crippen molar-refractivity contribution in [1.82, 2.24) is 4.90 Å². The van der Waals surface area contributed by atoms with Gasteiger partial charge in [0, 0.05) is 5.54 Å². The number of rotatable bonds is 0. The lowest BCUT2D eigenvalue weighted by atomic mass is 9.81. The van der Waals surface area contributed by atoms with Crippen LogP contribution >= 0.6 is 12.4 Å². The Kier molecular flexibility index (Phi) is 2.23. The molecule has 0 unspecified atom stereocenters. The van der Waals surface area contributed by atoms with E-state index in [4.69, 9.17) is 5.73 Å². The molecule has 0 aromatic rings. The highest BCUT2D eigenvalue weighted by molar-refractivity contribution is 5.85. The first-order chi connectivity index (χ1) is 4.29. The van der Waals surface area contributed by atoms with Crippen LogP contribution in [0.15, 0.2) is 0 Å². The van der Waals surface area contributed by atoms with E-state index < -0.39 is 0 Å². The molecule has 2 N–H and O–H groups in total. The third-order valence-corrected chi connectivity index (χ3v) is 2.78. The van der Waals surface area contributed by atoms with Crippen LogP contribution in [0.25, 0.3) is 0 Å². The van der Waals surface area contributed by atoms with Crippen molar-refractivity contribution in [2.45, 2.75) is 24.8 Å². The van der Waals surface area contributed by atoms with Gasteiger partial charge in [0.15, 0.2) is 0 Å². The van der Waals surface area contributed by atoms with Crippen LogP contribution in [0.1, 0.15) is 19.3 Å². The highest BCUT2D eigenvalue weighted by Gasteiger charge is 2.35. The number of nitrogens with two attached hydrogens (primary N) is 1. The smallest absolute Gasteiger partial charge is 0.0190 e. The van der Waals surface area contributed by atoms with Gasteiger partial charge in [-0.3, -0.25) is 0 Å². The Morgan fingerprint density at radius 2 is 1.40 bits per heavy atom. The van der Waals surface area contributed by atoms with E-state index in [9.17, 15) is 0 Å². The number of fused-ring (bicyclic) bond motifs is 3. The van der Waals surface area contributed by atoms with E-state index in [0.717, 1.165) is 0 Å². The Balaban J connectivity index is 0.000000500. The van der Waals surface area contributed by atoms with Gasteiger partial charge in [-0.15, -0.1) is 12.4 Å². The Bertz CT molecular complexity index is 105. The van der Waals surface area contributed by atoms with Gasteiger partial charge in [0.05, 0.1) is 0 Å².